The molecule has 0 fully saturated rings. The summed E-state index contributed by atoms with van der Waals surface area (Å²) in [4.78, 5) is 0. The highest BCUT2D eigenvalue weighted by molar-refractivity contribution is 7.19. The second-order valence-corrected chi connectivity index (χ2v) is 8.55. The van der Waals surface area contributed by atoms with Gasteiger partial charge in [0.05, 0.1) is 0 Å². The van der Waals surface area contributed by atoms with Crippen molar-refractivity contribution >= 4 is 42.8 Å². The maximum Gasteiger partial charge on any atom is 0.0384 e. The summed E-state index contributed by atoms with van der Waals surface area (Å²) in [5.74, 6) is 1.52. The molecular formula is C20H26S2. The molecule has 2 atom stereocenters. The van der Waals surface area contributed by atoms with Gasteiger partial charge in [0.1, 0.15) is 0 Å². The van der Waals surface area contributed by atoms with E-state index < -0.39 is 0 Å². The second-order valence-electron chi connectivity index (χ2n) is 6.72. The Morgan fingerprint density at radius 3 is 1.55 bits per heavy atom. The van der Waals surface area contributed by atoms with Crippen LogP contribution in [0.2, 0.25) is 0 Å². The molecule has 2 aromatic heterocycles. The van der Waals surface area contributed by atoms with Crippen LogP contribution >= 0.6 is 22.7 Å². The molecule has 0 saturated carbocycles. The Morgan fingerprint density at radius 2 is 1.18 bits per heavy atom. The number of fused-ring (bicyclic) bond motifs is 2. The van der Waals surface area contributed by atoms with Gasteiger partial charge in [0.15, 0.2) is 0 Å². The van der Waals surface area contributed by atoms with Crippen molar-refractivity contribution < 1.29 is 0 Å². The van der Waals surface area contributed by atoms with Gasteiger partial charge in [-0.3, -0.25) is 0 Å². The highest BCUT2D eigenvalue weighted by Crippen LogP contribution is 2.41. The fraction of sp³-hybridized carbons (Fsp3) is 0.500. The minimum Gasteiger partial charge on any atom is -0.143 e. The van der Waals surface area contributed by atoms with Crippen molar-refractivity contribution in [3.05, 3.63) is 34.0 Å². The summed E-state index contributed by atoms with van der Waals surface area (Å²) in [5, 5.41) is 7.63. The highest BCUT2D eigenvalue weighted by Gasteiger charge is 2.18. The van der Waals surface area contributed by atoms with Crippen molar-refractivity contribution in [1.29, 1.82) is 0 Å². The first-order chi connectivity index (χ1) is 10.7. The second kappa shape index (κ2) is 6.72. The molecule has 0 aliphatic heterocycles. The Morgan fingerprint density at radius 1 is 0.773 bits per heavy atom. The summed E-state index contributed by atoms with van der Waals surface area (Å²) >= 11 is 3.88. The van der Waals surface area contributed by atoms with Crippen LogP contribution in [0, 0.1) is 11.8 Å². The topological polar surface area (TPSA) is 0 Å². The van der Waals surface area contributed by atoms with E-state index in [1.165, 1.54) is 36.5 Å². The monoisotopic (exact) mass is 330 g/mol. The van der Waals surface area contributed by atoms with Crippen LogP contribution in [-0.4, -0.2) is 0 Å². The zero-order valence-electron chi connectivity index (χ0n) is 14.1. The standard InChI is InChI=1S/C20H26S2/c1-5-13(3)11-17-15-7-9-22-20(15)18(12-14(4)6-2)16-8-10-21-19(16)17/h7-10,13-14H,5-6,11-12H2,1-4H3. The van der Waals surface area contributed by atoms with Gasteiger partial charge in [-0.1, -0.05) is 40.5 Å². The molecule has 0 bridgehead atoms. The molecule has 0 nitrogen and oxygen atoms in total. The molecule has 0 amide bonds. The molecule has 22 heavy (non-hydrogen) atoms. The van der Waals surface area contributed by atoms with E-state index in [4.69, 9.17) is 0 Å². The number of hydrogen-bond donors (Lipinski definition) is 0. The van der Waals surface area contributed by atoms with Crippen LogP contribution in [0.1, 0.15) is 51.7 Å². The first-order valence-corrected chi connectivity index (χ1v) is 10.3. The van der Waals surface area contributed by atoms with E-state index in [2.05, 4.69) is 50.6 Å². The molecule has 2 unspecified atom stereocenters. The average molecular weight is 331 g/mol. The third-order valence-electron chi connectivity index (χ3n) is 5.03. The predicted molar refractivity (Wildman–Crippen MR) is 104 cm³/mol. The van der Waals surface area contributed by atoms with Crippen molar-refractivity contribution in [3.63, 3.8) is 0 Å². The molecule has 1 aromatic carbocycles. The summed E-state index contributed by atoms with van der Waals surface area (Å²) in [5.41, 5.74) is 3.20. The van der Waals surface area contributed by atoms with E-state index in [0.717, 1.165) is 11.8 Å². The molecule has 3 rings (SSSR count). The van der Waals surface area contributed by atoms with Crippen LogP contribution in [0.3, 0.4) is 0 Å². The average Bonchev–Trinajstić information content (AvgIpc) is 3.18. The number of rotatable bonds is 6. The van der Waals surface area contributed by atoms with Gasteiger partial charge in [0.25, 0.3) is 0 Å². The Labute approximate surface area is 142 Å². The predicted octanol–water partition coefficient (Wildman–Crippen LogP) is 7.29. The van der Waals surface area contributed by atoms with Gasteiger partial charge in [-0.2, -0.15) is 0 Å². The molecular weight excluding hydrogens is 304 g/mol. The lowest BCUT2D eigenvalue weighted by Crippen LogP contribution is -2.02. The number of benzene rings is 1. The fourth-order valence-electron chi connectivity index (χ4n) is 3.20. The van der Waals surface area contributed by atoms with Crippen LogP contribution < -0.4 is 0 Å². The van der Waals surface area contributed by atoms with Gasteiger partial charge in [-0.25, -0.2) is 0 Å². The van der Waals surface area contributed by atoms with Crippen molar-refractivity contribution in [2.45, 2.75) is 53.4 Å². The maximum absolute atomic E-state index is 2.38. The van der Waals surface area contributed by atoms with Crippen molar-refractivity contribution in [2.75, 3.05) is 0 Å². The molecule has 3 aromatic rings. The minimum absolute atomic E-state index is 0.758. The Kier molecular flexibility index (Phi) is 4.89. The van der Waals surface area contributed by atoms with Crippen molar-refractivity contribution in [3.8, 4) is 0 Å². The SMILES string of the molecule is CCC(C)Cc1c2ccsc2c(CC(C)CC)c2ccsc12. The first kappa shape index (κ1) is 16.0. The fourth-order valence-corrected chi connectivity index (χ4v) is 5.18. The maximum atomic E-state index is 2.38. The molecule has 0 aliphatic rings. The van der Waals surface area contributed by atoms with Gasteiger partial charge in [0.2, 0.25) is 0 Å². The van der Waals surface area contributed by atoms with Crippen LogP contribution in [0.25, 0.3) is 20.2 Å². The van der Waals surface area contributed by atoms with Gasteiger partial charge in [0, 0.05) is 9.40 Å². The lowest BCUT2D eigenvalue weighted by molar-refractivity contribution is 0.562. The van der Waals surface area contributed by atoms with Crippen LogP contribution in [0.5, 0.6) is 0 Å². The lowest BCUT2D eigenvalue weighted by atomic mass is 9.90. The molecule has 0 aliphatic carbocycles. The Balaban J connectivity index is 2.22. The van der Waals surface area contributed by atoms with Crippen molar-refractivity contribution in [1.82, 2.24) is 0 Å². The van der Waals surface area contributed by atoms with Crippen LogP contribution in [-0.2, 0) is 12.8 Å². The zero-order chi connectivity index (χ0) is 15.7. The third-order valence-corrected chi connectivity index (χ3v) is 6.98. The van der Waals surface area contributed by atoms with E-state index in [9.17, 15) is 0 Å². The van der Waals surface area contributed by atoms with E-state index in [-0.39, 0.29) is 0 Å². The summed E-state index contributed by atoms with van der Waals surface area (Å²) in [6.45, 7) is 9.37. The molecule has 2 heteroatoms. The van der Waals surface area contributed by atoms with Crippen molar-refractivity contribution in [2.24, 2.45) is 11.8 Å². The largest absolute Gasteiger partial charge is 0.143 e. The molecule has 0 spiro atoms. The Hall–Kier alpha value is -0.860. The van der Waals surface area contributed by atoms with Gasteiger partial charge in [-0.15, -0.1) is 22.7 Å². The molecule has 118 valence electrons. The summed E-state index contributed by atoms with van der Waals surface area (Å²) in [6, 6.07) is 4.72. The summed E-state index contributed by atoms with van der Waals surface area (Å²) in [7, 11) is 0. The molecule has 0 saturated heterocycles. The molecule has 0 N–H and O–H groups in total. The first-order valence-electron chi connectivity index (χ1n) is 8.53. The van der Waals surface area contributed by atoms with Gasteiger partial charge >= 0.3 is 0 Å². The van der Waals surface area contributed by atoms with E-state index in [0.29, 0.717) is 0 Å². The van der Waals surface area contributed by atoms with E-state index >= 15 is 0 Å². The quantitative estimate of drug-likeness (QED) is 0.445. The lowest BCUT2D eigenvalue weighted by Gasteiger charge is -2.16. The minimum atomic E-state index is 0.758. The van der Waals surface area contributed by atoms with Crippen LogP contribution in [0.4, 0.5) is 0 Å². The normalized spacial score (nSPS) is 14.7. The smallest absolute Gasteiger partial charge is 0.0384 e. The summed E-state index contributed by atoms with van der Waals surface area (Å²) < 4.78 is 3.09. The number of hydrogen-bond acceptors (Lipinski definition) is 2. The zero-order valence-corrected chi connectivity index (χ0v) is 15.7. The van der Waals surface area contributed by atoms with E-state index in [1.54, 1.807) is 20.5 Å². The summed E-state index contributed by atoms with van der Waals surface area (Å²) in [6.07, 6.45) is 4.94. The highest BCUT2D eigenvalue weighted by atomic mass is 32.1. The van der Waals surface area contributed by atoms with Crippen LogP contribution in [0.15, 0.2) is 22.9 Å². The molecule has 0 radical (unpaired) electrons. The Bertz CT molecular complexity index is 650. The number of thiophene rings is 2. The van der Waals surface area contributed by atoms with E-state index in [1.807, 2.05) is 22.7 Å². The molecule has 2 heterocycles. The van der Waals surface area contributed by atoms with Gasteiger partial charge < -0.3 is 0 Å². The third kappa shape index (κ3) is 2.83. The van der Waals surface area contributed by atoms with Gasteiger partial charge in [-0.05, 0) is 69.5 Å².